The van der Waals surface area contributed by atoms with E-state index in [1.54, 1.807) is 0 Å². The van der Waals surface area contributed by atoms with Gasteiger partial charge in [0, 0.05) is 10.4 Å². The zero-order valence-electron chi connectivity index (χ0n) is 11.8. The molecule has 1 aromatic heterocycles. The van der Waals surface area contributed by atoms with Crippen molar-refractivity contribution in [1.29, 1.82) is 0 Å². The lowest BCUT2D eigenvalue weighted by molar-refractivity contribution is -0.140. The Kier molecular flexibility index (Phi) is 4.74. The number of benzene rings is 1. The van der Waals surface area contributed by atoms with Crippen LogP contribution in [0, 0.1) is 0 Å². The number of halogens is 3. The number of hydrogen-bond acceptors (Lipinski definition) is 4. The predicted molar refractivity (Wildman–Crippen MR) is 77.9 cm³/mol. The SMILES string of the molecule is CC(=O)c1ccc(-c2cc(C(F)(F)F)ccc2OCC(=O)O)s1. The number of carboxylic acid groups (broad SMARTS) is 1. The van der Waals surface area contributed by atoms with E-state index in [1.165, 1.54) is 19.1 Å². The monoisotopic (exact) mass is 344 g/mol. The number of alkyl halides is 3. The van der Waals surface area contributed by atoms with E-state index >= 15 is 0 Å². The van der Waals surface area contributed by atoms with Gasteiger partial charge in [0.25, 0.3) is 0 Å². The van der Waals surface area contributed by atoms with Crippen molar-refractivity contribution in [3.05, 3.63) is 40.8 Å². The molecule has 0 atom stereocenters. The van der Waals surface area contributed by atoms with Crippen molar-refractivity contribution >= 4 is 23.1 Å². The van der Waals surface area contributed by atoms with Crippen LogP contribution in [-0.4, -0.2) is 23.5 Å². The van der Waals surface area contributed by atoms with Gasteiger partial charge in [-0.3, -0.25) is 4.79 Å². The summed E-state index contributed by atoms with van der Waals surface area (Å²) in [7, 11) is 0. The van der Waals surface area contributed by atoms with Crippen LogP contribution in [0.25, 0.3) is 10.4 Å². The zero-order chi connectivity index (χ0) is 17.2. The minimum atomic E-state index is -4.54. The summed E-state index contributed by atoms with van der Waals surface area (Å²) in [5, 5.41) is 8.65. The highest BCUT2D eigenvalue weighted by Gasteiger charge is 2.31. The van der Waals surface area contributed by atoms with E-state index in [0.717, 1.165) is 29.5 Å². The molecular weight excluding hydrogens is 333 g/mol. The van der Waals surface area contributed by atoms with Gasteiger partial charge in [-0.1, -0.05) is 0 Å². The van der Waals surface area contributed by atoms with E-state index in [0.29, 0.717) is 9.75 Å². The summed E-state index contributed by atoms with van der Waals surface area (Å²) in [4.78, 5) is 22.7. The topological polar surface area (TPSA) is 63.6 Å². The summed E-state index contributed by atoms with van der Waals surface area (Å²) >= 11 is 1.02. The van der Waals surface area contributed by atoms with E-state index in [4.69, 9.17) is 9.84 Å². The molecule has 0 spiro atoms. The summed E-state index contributed by atoms with van der Waals surface area (Å²) in [6.07, 6.45) is -4.54. The molecule has 0 aliphatic heterocycles. The third-order valence-electron chi connectivity index (χ3n) is 2.88. The number of ketones is 1. The lowest BCUT2D eigenvalue weighted by Crippen LogP contribution is -2.11. The van der Waals surface area contributed by atoms with Crippen molar-refractivity contribution in [2.24, 2.45) is 0 Å². The first-order chi connectivity index (χ1) is 10.7. The number of ether oxygens (including phenoxy) is 1. The maximum absolute atomic E-state index is 12.9. The van der Waals surface area contributed by atoms with Crippen molar-refractivity contribution < 1.29 is 32.6 Å². The number of Topliss-reactive ketones (excluding diaryl/α,β-unsaturated/α-hetero) is 1. The van der Waals surface area contributed by atoms with Crippen LogP contribution in [-0.2, 0) is 11.0 Å². The van der Waals surface area contributed by atoms with Gasteiger partial charge in [-0.05, 0) is 37.3 Å². The lowest BCUT2D eigenvalue weighted by atomic mass is 10.1. The van der Waals surface area contributed by atoms with Crippen molar-refractivity contribution in [3.63, 3.8) is 0 Å². The molecule has 1 N–H and O–H groups in total. The summed E-state index contributed by atoms with van der Waals surface area (Å²) in [6.45, 7) is 0.674. The van der Waals surface area contributed by atoms with E-state index in [1.807, 2.05) is 0 Å². The summed E-state index contributed by atoms with van der Waals surface area (Å²) < 4.78 is 43.7. The molecule has 0 fully saturated rings. The Morgan fingerprint density at radius 3 is 2.43 bits per heavy atom. The van der Waals surface area contributed by atoms with Gasteiger partial charge in [0.2, 0.25) is 0 Å². The fourth-order valence-electron chi connectivity index (χ4n) is 1.84. The second-order valence-corrected chi connectivity index (χ2v) is 5.69. The molecule has 0 aliphatic rings. The van der Waals surface area contributed by atoms with Crippen LogP contribution < -0.4 is 4.74 Å². The minimum absolute atomic E-state index is 0.0114. The van der Waals surface area contributed by atoms with Crippen LogP contribution in [0.5, 0.6) is 5.75 Å². The molecule has 1 heterocycles. The molecule has 0 aliphatic carbocycles. The minimum Gasteiger partial charge on any atom is -0.481 e. The number of aliphatic carboxylic acids is 1. The van der Waals surface area contributed by atoms with E-state index in [2.05, 4.69) is 0 Å². The highest BCUT2D eigenvalue weighted by molar-refractivity contribution is 7.17. The van der Waals surface area contributed by atoms with E-state index in [-0.39, 0.29) is 17.1 Å². The smallest absolute Gasteiger partial charge is 0.416 e. The standard InChI is InChI=1S/C15H11F3O4S/c1-8(19)12-4-5-13(23-12)10-6-9(15(16,17)18)2-3-11(10)22-7-14(20)21/h2-6H,7H2,1H3,(H,20,21). The number of carbonyl (C=O) groups excluding carboxylic acids is 1. The first kappa shape index (κ1) is 17.0. The third kappa shape index (κ3) is 4.10. The second-order valence-electron chi connectivity index (χ2n) is 4.61. The molecule has 0 saturated heterocycles. The highest BCUT2D eigenvalue weighted by atomic mass is 32.1. The number of thiophene rings is 1. The van der Waals surface area contributed by atoms with Crippen molar-refractivity contribution in [2.75, 3.05) is 6.61 Å². The molecule has 2 rings (SSSR count). The lowest BCUT2D eigenvalue weighted by Gasteiger charge is -2.13. The highest BCUT2D eigenvalue weighted by Crippen LogP contribution is 2.39. The van der Waals surface area contributed by atoms with Gasteiger partial charge < -0.3 is 9.84 Å². The Hall–Kier alpha value is -2.35. The van der Waals surface area contributed by atoms with Crippen molar-refractivity contribution in [2.45, 2.75) is 13.1 Å². The molecule has 0 unspecified atom stereocenters. The van der Waals surface area contributed by atoms with E-state index in [9.17, 15) is 22.8 Å². The maximum Gasteiger partial charge on any atom is 0.416 e. The van der Waals surface area contributed by atoms with Gasteiger partial charge in [-0.2, -0.15) is 13.2 Å². The van der Waals surface area contributed by atoms with Crippen molar-refractivity contribution in [1.82, 2.24) is 0 Å². The number of carboxylic acids is 1. The van der Waals surface area contributed by atoms with Crippen LogP contribution in [0.15, 0.2) is 30.3 Å². The van der Waals surface area contributed by atoms with Gasteiger partial charge in [-0.15, -0.1) is 11.3 Å². The third-order valence-corrected chi connectivity index (χ3v) is 4.10. The number of hydrogen-bond donors (Lipinski definition) is 1. The first-order valence-electron chi connectivity index (χ1n) is 6.35. The zero-order valence-corrected chi connectivity index (χ0v) is 12.6. The van der Waals surface area contributed by atoms with Gasteiger partial charge in [0.1, 0.15) is 5.75 Å². The molecule has 23 heavy (non-hydrogen) atoms. The van der Waals surface area contributed by atoms with Gasteiger partial charge >= 0.3 is 12.1 Å². The fraction of sp³-hybridized carbons (Fsp3) is 0.200. The second kappa shape index (κ2) is 6.41. The molecule has 0 radical (unpaired) electrons. The van der Waals surface area contributed by atoms with Gasteiger partial charge in [0.15, 0.2) is 12.4 Å². The maximum atomic E-state index is 12.9. The van der Waals surface area contributed by atoms with Crippen LogP contribution in [0.1, 0.15) is 22.2 Å². The Morgan fingerprint density at radius 1 is 1.22 bits per heavy atom. The normalized spacial score (nSPS) is 11.3. The molecule has 122 valence electrons. The van der Waals surface area contributed by atoms with Crippen LogP contribution >= 0.6 is 11.3 Å². The van der Waals surface area contributed by atoms with Gasteiger partial charge in [-0.25, -0.2) is 4.79 Å². The predicted octanol–water partition coefficient (Wildman–Crippen LogP) is 4.10. The number of carbonyl (C=O) groups is 2. The molecule has 2 aromatic rings. The Labute approximate surface area is 133 Å². The largest absolute Gasteiger partial charge is 0.481 e. The van der Waals surface area contributed by atoms with E-state index < -0.39 is 24.3 Å². The summed E-state index contributed by atoms with van der Waals surface area (Å²) in [5.74, 6) is -1.44. The van der Waals surface area contributed by atoms with Gasteiger partial charge in [0.05, 0.1) is 10.4 Å². The average molecular weight is 344 g/mol. The summed E-state index contributed by atoms with van der Waals surface area (Å²) in [5.41, 5.74) is -0.786. The average Bonchev–Trinajstić information content (AvgIpc) is 2.93. The molecule has 8 heteroatoms. The summed E-state index contributed by atoms with van der Waals surface area (Å²) in [6, 6.07) is 5.79. The first-order valence-corrected chi connectivity index (χ1v) is 7.17. The quantitative estimate of drug-likeness (QED) is 0.830. The Bertz CT molecular complexity index is 749. The Balaban J connectivity index is 2.50. The van der Waals surface area contributed by atoms with Crippen LogP contribution in [0.2, 0.25) is 0 Å². The number of rotatable bonds is 5. The Morgan fingerprint density at radius 2 is 1.91 bits per heavy atom. The van der Waals surface area contributed by atoms with Crippen LogP contribution in [0.3, 0.4) is 0 Å². The fourth-order valence-corrected chi connectivity index (χ4v) is 2.76. The molecule has 0 bridgehead atoms. The molecule has 4 nitrogen and oxygen atoms in total. The molecule has 0 saturated carbocycles. The molecular formula is C15H11F3O4S. The van der Waals surface area contributed by atoms with Crippen molar-refractivity contribution in [3.8, 4) is 16.2 Å². The van der Waals surface area contributed by atoms with Crippen LogP contribution in [0.4, 0.5) is 13.2 Å². The molecule has 0 amide bonds. The molecule has 1 aromatic carbocycles.